The lowest BCUT2D eigenvalue weighted by molar-refractivity contribution is 0.0606. The number of rotatable bonds is 4. The molecule has 0 spiro atoms. The highest BCUT2D eigenvalue weighted by atomic mass is 32.1. The molecule has 21 heavy (non-hydrogen) atoms. The minimum atomic E-state index is -0.317. The number of ether oxygens (including phenoxy) is 1. The van der Waals surface area contributed by atoms with Gasteiger partial charge in [-0.2, -0.15) is 5.10 Å². The number of esters is 1. The van der Waals surface area contributed by atoms with Crippen molar-refractivity contribution in [3.63, 3.8) is 0 Å². The van der Waals surface area contributed by atoms with E-state index in [-0.39, 0.29) is 5.97 Å². The smallest absolute Gasteiger partial charge is 0.348 e. The fraction of sp³-hybridized carbons (Fsp3) is 0.231. The predicted molar refractivity (Wildman–Crippen MR) is 79.3 cm³/mol. The van der Waals surface area contributed by atoms with Crippen LogP contribution in [0.3, 0.4) is 0 Å². The first kappa shape index (κ1) is 13.5. The van der Waals surface area contributed by atoms with Crippen molar-refractivity contribution < 1.29 is 9.53 Å². The van der Waals surface area contributed by atoms with Gasteiger partial charge in [-0.1, -0.05) is 0 Å². The first-order valence-corrected chi connectivity index (χ1v) is 7.09. The number of carbonyl (C=O) groups is 1. The molecule has 0 saturated heterocycles. The second-order valence-electron chi connectivity index (χ2n) is 4.39. The van der Waals surface area contributed by atoms with Gasteiger partial charge in [0, 0.05) is 13.6 Å². The molecule has 0 saturated carbocycles. The Labute approximate surface area is 124 Å². The Hall–Kier alpha value is -2.48. The maximum Gasteiger partial charge on any atom is 0.348 e. The van der Waals surface area contributed by atoms with Crippen molar-refractivity contribution in [2.24, 2.45) is 7.05 Å². The molecule has 0 aromatic carbocycles. The second-order valence-corrected chi connectivity index (χ2v) is 5.30. The molecular formula is C13H13N5O2S. The highest BCUT2D eigenvalue weighted by Gasteiger charge is 2.11. The molecule has 0 aliphatic heterocycles. The van der Waals surface area contributed by atoms with Crippen LogP contribution in [0.1, 0.15) is 15.2 Å². The Balaban J connectivity index is 1.79. The molecule has 0 aliphatic carbocycles. The largest absolute Gasteiger partial charge is 0.465 e. The molecule has 3 heterocycles. The summed E-state index contributed by atoms with van der Waals surface area (Å²) in [6, 6.07) is 1.81. The van der Waals surface area contributed by atoms with E-state index in [9.17, 15) is 4.79 Å². The molecule has 3 aromatic rings. The standard InChI is InChI=1S/C13H13N5O2S/c1-18-11-9(5-17-18)15-7-16-12(11)14-4-8-3-10(21-6-8)13(19)20-2/h3,5-7H,4H2,1-2H3,(H,14,15,16). The van der Waals surface area contributed by atoms with Gasteiger partial charge in [0.05, 0.1) is 13.3 Å². The molecule has 8 heteroatoms. The first-order valence-electron chi connectivity index (χ1n) is 6.21. The Bertz CT molecular complexity index is 795. The van der Waals surface area contributed by atoms with E-state index in [2.05, 4.69) is 20.4 Å². The number of anilines is 1. The molecule has 0 amide bonds. The van der Waals surface area contributed by atoms with Gasteiger partial charge in [-0.25, -0.2) is 14.8 Å². The van der Waals surface area contributed by atoms with E-state index in [1.165, 1.54) is 24.8 Å². The Morgan fingerprint density at radius 2 is 2.33 bits per heavy atom. The molecule has 0 aliphatic rings. The lowest BCUT2D eigenvalue weighted by Gasteiger charge is -2.06. The fourth-order valence-corrected chi connectivity index (χ4v) is 2.82. The van der Waals surface area contributed by atoms with Crippen molar-refractivity contribution in [1.82, 2.24) is 19.7 Å². The third kappa shape index (κ3) is 2.57. The van der Waals surface area contributed by atoms with E-state index in [0.29, 0.717) is 17.2 Å². The highest BCUT2D eigenvalue weighted by molar-refractivity contribution is 7.12. The van der Waals surface area contributed by atoms with Gasteiger partial charge in [0.25, 0.3) is 0 Å². The van der Waals surface area contributed by atoms with E-state index in [4.69, 9.17) is 4.74 Å². The number of nitrogens with zero attached hydrogens (tertiary/aromatic N) is 4. The molecule has 0 atom stereocenters. The summed E-state index contributed by atoms with van der Waals surface area (Å²) >= 11 is 1.36. The fourth-order valence-electron chi connectivity index (χ4n) is 2.00. The Morgan fingerprint density at radius 3 is 3.14 bits per heavy atom. The maximum absolute atomic E-state index is 11.4. The third-order valence-corrected chi connectivity index (χ3v) is 3.99. The van der Waals surface area contributed by atoms with Gasteiger partial charge in [0.1, 0.15) is 22.2 Å². The zero-order valence-electron chi connectivity index (χ0n) is 11.5. The number of aromatic nitrogens is 4. The van der Waals surface area contributed by atoms with E-state index in [0.717, 1.165) is 16.6 Å². The van der Waals surface area contributed by atoms with Crippen LogP contribution in [0.25, 0.3) is 11.0 Å². The normalized spacial score (nSPS) is 10.8. The molecule has 3 aromatic heterocycles. The van der Waals surface area contributed by atoms with Crippen LogP contribution in [0.5, 0.6) is 0 Å². The average Bonchev–Trinajstić information content (AvgIpc) is 3.12. The topological polar surface area (TPSA) is 81.9 Å². The van der Waals surface area contributed by atoms with Gasteiger partial charge in [0.15, 0.2) is 5.82 Å². The predicted octanol–water partition coefficient (Wildman–Crippen LogP) is 1.82. The molecule has 0 fully saturated rings. The second kappa shape index (κ2) is 5.49. The summed E-state index contributed by atoms with van der Waals surface area (Å²) in [5.74, 6) is 0.396. The lowest BCUT2D eigenvalue weighted by atomic mass is 10.3. The first-order chi connectivity index (χ1) is 10.2. The monoisotopic (exact) mass is 303 g/mol. The zero-order valence-corrected chi connectivity index (χ0v) is 12.3. The molecule has 7 nitrogen and oxygen atoms in total. The van der Waals surface area contributed by atoms with Crippen molar-refractivity contribution in [3.05, 3.63) is 34.4 Å². The van der Waals surface area contributed by atoms with Gasteiger partial charge in [-0.05, 0) is 17.0 Å². The van der Waals surface area contributed by atoms with Crippen LogP contribution in [0.15, 0.2) is 24.0 Å². The number of thiophene rings is 1. The van der Waals surface area contributed by atoms with Gasteiger partial charge in [-0.15, -0.1) is 11.3 Å². The quantitative estimate of drug-likeness (QED) is 0.740. The number of hydrogen-bond donors (Lipinski definition) is 1. The number of methoxy groups -OCH3 is 1. The van der Waals surface area contributed by atoms with Crippen molar-refractivity contribution in [3.8, 4) is 0 Å². The summed E-state index contributed by atoms with van der Waals surface area (Å²) in [6.07, 6.45) is 3.20. The van der Waals surface area contributed by atoms with Gasteiger partial charge < -0.3 is 10.1 Å². The van der Waals surface area contributed by atoms with E-state index >= 15 is 0 Å². The van der Waals surface area contributed by atoms with E-state index < -0.39 is 0 Å². The zero-order chi connectivity index (χ0) is 14.8. The van der Waals surface area contributed by atoms with Crippen molar-refractivity contribution in [1.29, 1.82) is 0 Å². The molecular weight excluding hydrogens is 290 g/mol. The summed E-state index contributed by atoms with van der Waals surface area (Å²) in [5, 5.41) is 9.33. The Morgan fingerprint density at radius 1 is 1.48 bits per heavy atom. The molecule has 1 N–H and O–H groups in total. The van der Waals surface area contributed by atoms with Crippen LogP contribution in [0, 0.1) is 0 Å². The van der Waals surface area contributed by atoms with Crippen molar-refractivity contribution >= 4 is 34.2 Å². The minimum Gasteiger partial charge on any atom is -0.465 e. The lowest BCUT2D eigenvalue weighted by Crippen LogP contribution is -2.04. The molecule has 0 radical (unpaired) electrons. The van der Waals surface area contributed by atoms with Crippen LogP contribution < -0.4 is 5.32 Å². The average molecular weight is 303 g/mol. The van der Waals surface area contributed by atoms with Gasteiger partial charge in [-0.3, -0.25) is 4.68 Å². The van der Waals surface area contributed by atoms with Crippen molar-refractivity contribution in [2.75, 3.05) is 12.4 Å². The van der Waals surface area contributed by atoms with Gasteiger partial charge >= 0.3 is 5.97 Å². The summed E-state index contributed by atoms with van der Waals surface area (Å²) in [5.41, 5.74) is 2.63. The minimum absolute atomic E-state index is 0.317. The van der Waals surface area contributed by atoms with Crippen molar-refractivity contribution in [2.45, 2.75) is 6.54 Å². The summed E-state index contributed by atoms with van der Waals surface area (Å²) in [6.45, 7) is 0.560. The van der Waals surface area contributed by atoms with Crippen LogP contribution >= 0.6 is 11.3 Å². The molecule has 0 unspecified atom stereocenters. The number of nitrogens with one attached hydrogen (secondary N) is 1. The molecule has 0 bridgehead atoms. The number of hydrogen-bond acceptors (Lipinski definition) is 7. The third-order valence-electron chi connectivity index (χ3n) is 3.03. The molecule has 108 valence electrons. The summed E-state index contributed by atoms with van der Waals surface area (Å²) in [4.78, 5) is 20.4. The number of aryl methyl sites for hydroxylation is 1. The van der Waals surface area contributed by atoms with E-state index in [1.807, 2.05) is 18.5 Å². The van der Waals surface area contributed by atoms with E-state index in [1.54, 1.807) is 10.9 Å². The maximum atomic E-state index is 11.4. The Kier molecular flexibility index (Phi) is 3.53. The summed E-state index contributed by atoms with van der Waals surface area (Å²) in [7, 11) is 3.22. The number of carbonyl (C=O) groups excluding carboxylic acids is 1. The van der Waals surface area contributed by atoms with Crippen LogP contribution in [-0.4, -0.2) is 32.8 Å². The highest BCUT2D eigenvalue weighted by Crippen LogP contribution is 2.20. The SMILES string of the molecule is COC(=O)c1cc(CNc2ncnc3cnn(C)c23)cs1. The van der Waals surface area contributed by atoms with Crippen LogP contribution in [0.4, 0.5) is 5.82 Å². The molecule has 3 rings (SSSR count). The van der Waals surface area contributed by atoms with Gasteiger partial charge in [0.2, 0.25) is 0 Å². The summed E-state index contributed by atoms with van der Waals surface area (Å²) < 4.78 is 6.42. The van der Waals surface area contributed by atoms with Crippen LogP contribution in [0.2, 0.25) is 0 Å². The number of fused-ring (bicyclic) bond motifs is 1. The van der Waals surface area contributed by atoms with Crippen LogP contribution in [-0.2, 0) is 18.3 Å².